The molecular weight excluding hydrogens is 498 g/mol. The van der Waals surface area contributed by atoms with Gasteiger partial charge in [-0.3, -0.25) is 4.79 Å². The van der Waals surface area contributed by atoms with Crippen LogP contribution < -0.4 is 4.90 Å². The van der Waals surface area contributed by atoms with Crippen LogP contribution in [0.15, 0.2) is 103 Å². The summed E-state index contributed by atoms with van der Waals surface area (Å²) in [5.74, 6) is 0.0672. The fourth-order valence-electron chi connectivity index (χ4n) is 5.34. The molecule has 4 nitrogen and oxygen atoms in total. The van der Waals surface area contributed by atoms with Gasteiger partial charge in [-0.25, -0.2) is 4.98 Å². The van der Waals surface area contributed by atoms with Crippen LogP contribution in [0.4, 0.5) is 0 Å². The van der Waals surface area contributed by atoms with Crippen LogP contribution in [0.3, 0.4) is 0 Å². The number of hydrogen-bond donors (Lipinski definition) is 1. The molecule has 1 N–H and O–H groups in total. The fourth-order valence-corrected chi connectivity index (χ4v) is 6.35. The molecule has 1 fully saturated rings. The Morgan fingerprint density at radius 2 is 1.46 bits per heavy atom. The van der Waals surface area contributed by atoms with Gasteiger partial charge in [-0.15, -0.1) is 11.3 Å². The van der Waals surface area contributed by atoms with E-state index >= 15 is 0 Å². The third kappa shape index (κ3) is 4.90. The quantitative estimate of drug-likeness (QED) is 0.318. The summed E-state index contributed by atoms with van der Waals surface area (Å²) < 4.78 is 0.711. The van der Waals surface area contributed by atoms with E-state index in [0.717, 1.165) is 34.6 Å². The van der Waals surface area contributed by atoms with Gasteiger partial charge in [0.1, 0.15) is 6.04 Å². The summed E-state index contributed by atoms with van der Waals surface area (Å²) in [7, 11) is 0. The number of carbonyl (C=O) groups is 1. The van der Waals surface area contributed by atoms with Crippen LogP contribution in [0.25, 0.3) is 21.5 Å². The topological polar surface area (TPSA) is 37.6 Å². The summed E-state index contributed by atoms with van der Waals surface area (Å²) in [5, 5.41) is 0.889. The lowest BCUT2D eigenvalue weighted by molar-refractivity contribution is -0.929. The first kappa shape index (κ1) is 23.9. The van der Waals surface area contributed by atoms with Gasteiger partial charge in [-0.2, -0.15) is 0 Å². The predicted molar refractivity (Wildman–Crippen MR) is 151 cm³/mol. The Kier molecular flexibility index (Phi) is 6.75. The van der Waals surface area contributed by atoms with E-state index < -0.39 is 0 Å². The van der Waals surface area contributed by atoms with Crippen molar-refractivity contribution in [3.8, 4) is 10.6 Å². The normalized spacial score (nSPS) is 14.4. The van der Waals surface area contributed by atoms with Gasteiger partial charge in [0.25, 0.3) is 5.91 Å². The fraction of sp³-hybridized carbons (Fsp3) is 0.161. The minimum absolute atomic E-state index is 0.0672. The van der Waals surface area contributed by atoms with E-state index in [1.165, 1.54) is 27.4 Å². The summed E-state index contributed by atoms with van der Waals surface area (Å²) in [4.78, 5) is 23.2. The zero-order valence-corrected chi connectivity index (χ0v) is 21.9. The number of hydrogen-bond acceptors (Lipinski definition) is 3. The van der Waals surface area contributed by atoms with Crippen molar-refractivity contribution < 1.29 is 9.69 Å². The number of halogens is 1. The highest BCUT2D eigenvalue weighted by Gasteiger charge is 2.32. The number of pyridine rings is 1. The molecule has 1 amide bonds. The van der Waals surface area contributed by atoms with Crippen LogP contribution in [0.1, 0.15) is 27.5 Å². The first-order valence-electron chi connectivity index (χ1n) is 12.6. The molecule has 0 radical (unpaired) electrons. The van der Waals surface area contributed by atoms with E-state index in [1.54, 1.807) is 0 Å². The van der Waals surface area contributed by atoms with E-state index in [4.69, 9.17) is 16.6 Å². The Morgan fingerprint density at radius 1 is 0.838 bits per heavy atom. The smallest absolute Gasteiger partial charge is 0.255 e. The summed E-state index contributed by atoms with van der Waals surface area (Å²) in [5.41, 5.74) is 4.93. The van der Waals surface area contributed by atoms with Crippen molar-refractivity contribution in [1.82, 2.24) is 9.88 Å². The Morgan fingerprint density at radius 3 is 2.08 bits per heavy atom. The number of aromatic nitrogens is 1. The molecule has 3 heterocycles. The van der Waals surface area contributed by atoms with Gasteiger partial charge in [-0.05, 0) is 24.3 Å². The molecule has 0 spiro atoms. The highest BCUT2D eigenvalue weighted by molar-refractivity contribution is 7.19. The van der Waals surface area contributed by atoms with Crippen molar-refractivity contribution in [3.05, 3.63) is 124 Å². The van der Waals surface area contributed by atoms with Crippen molar-refractivity contribution in [2.45, 2.75) is 6.04 Å². The molecule has 5 aromatic rings. The molecule has 1 aliphatic rings. The van der Waals surface area contributed by atoms with Gasteiger partial charge in [0.15, 0.2) is 0 Å². The van der Waals surface area contributed by atoms with Crippen molar-refractivity contribution in [3.63, 3.8) is 0 Å². The Hall–Kier alpha value is -3.51. The number of para-hydroxylation sites is 1. The molecule has 2 aromatic heterocycles. The SMILES string of the molecule is O=C(c1cc(-c2ccc(Cl)s2)nc2ccccc12)N1CC[NH+](C(c2ccccc2)c2ccccc2)CC1. The third-order valence-corrected chi connectivity index (χ3v) is 8.39. The van der Waals surface area contributed by atoms with Crippen LogP contribution in [-0.4, -0.2) is 42.0 Å². The summed E-state index contributed by atoms with van der Waals surface area (Å²) >= 11 is 7.67. The number of nitrogens with zero attached hydrogens (tertiary/aromatic N) is 2. The van der Waals surface area contributed by atoms with Crippen molar-refractivity contribution >= 4 is 39.7 Å². The number of benzene rings is 3. The number of piperazine rings is 1. The van der Waals surface area contributed by atoms with E-state index in [2.05, 4.69) is 60.7 Å². The maximum Gasteiger partial charge on any atom is 0.255 e. The number of quaternary nitrogens is 1. The maximum atomic E-state index is 13.9. The zero-order chi connectivity index (χ0) is 25.2. The highest BCUT2D eigenvalue weighted by atomic mass is 35.5. The second kappa shape index (κ2) is 10.5. The molecule has 1 aliphatic heterocycles. The summed E-state index contributed by atoms with van der Waals surface area (Å²) in [6, 6.07) is 35.3. The van der Waals surface area contributed by atoms with Crippen LogP contribution in [0.5, 0.6) is 0 Å². The molecule has 0 unspecified atom stereocenters. The molecule has 0 bridgehead atoms. The molecule has 0 atom stereocenters. The third-order valence-electron chi connectivity index (χ3n) is 7.14. The second-order valence-corrected chi connectivity index (χ2v) is 11.1. The largest absolute Gasteiger partial charge is 0.327 e. The lowest BCUT2D eigenvalue weighted by Gasteiger charge is -2.37. The van der Waals surface area contributed by atoms with Crippen molar-refractivity contribution in [2.75, 3.05) is 26.2 Å². The van der Waals surface area contributed by atoms with Crippen molar-refractivity contribution in [2.24, 2.45) is 0 Å². The maximum absolute atomic E-state index is 13.9. The molecule has 6 rings (SSSR count). The molecular formula is C31H27ClN3OS+. The molecule has 0 saturated carbocycles. The zero-order valence-electron chi connectivity index (χ0n) is 20.3. The number of thiophene rings is 1. The lowest BCUT2D eigenvalue weighted by Crippen LogP contribution is -3.15. The number of fused-ring (bicyclic) bond motifs is 1. The average Bonchev–Trinajstić information content (AvgIpc) is 3.40. The van der Waals surface area contributed by atoms with Crippen LogP contribution >= 0.6 is 22.9 Å². The van der Waals surface area contributed by atoms with E-state index in [-0.39, 0.29) is 11.9 Å². The summed E-state index contributed by atoms with van der Waals surface area (Å²) in [6.45, 7) is 3.19. The molecule has 1 saturated heterocycles. The first-order chi connectivity index (χ1) is 18.2. The Balaban J connectivity index is 1.27. The summed E-state index contributed by atoms with van der Waals surface area (Å²) in [6.07, 6.45) is 0. The van der Waals surface area contributed by atoms with Crippen LogP contribution in [0, 0.1) is 0 Å². The van der Waals surface area contributed by atoms with Gasteiger partial charge < -0.3 is 9.80 Å². The number of carbonyl (C=O) groups excluding carboxylic acids is 1. The minimum Gasteiger partial charge on any atom is -0.327 e. The Labute approximate surface area is 225 Å². The van der Waals surface area contributed by atoms with Gasteiger partial charge in [0.2, 0.25) is 0 Å². The average molecular weight is 525 g/mol. The number of amides is 1. The van der Waals surface area contributed by atoms with Crippen LogP contribution in [0.2, 0.25) is 4.34 Å². The first-order valence-corrected chi connectivity index (χ1v) is 13.8. The molecule has 3 aromatic carbocycles. The van der Waals surface area contributed by atoms with E-state index in [1.807, 2.05) is 47.4 Å². The molecule has 184 valence electrons. The van der Waals surface area contributed by atoms with Gasteiger partial charge in [-0.1, -0.05) is 90.5 Å². The molecule has 37 heavy (non-hydrogen) atoms. The number of nitrogens with one attached hydrogen (secondary N) is 1. The van der Waals surface area contributed by atoms with Crippen LogP contribution in [-0.2, 0) is 0 Å². The standard InChI is InChI=1S/C31H26ClN3OS/c32-29-16-15-28(37-29)27-21-25(24-13-7-8-14-26(24)33-27)31(36)35-19-17-34(18-20-35)30(22-9-3-1-4-10-22)23-11-5-2-6-12-23/h1-16,21,30H,17-20H2/p+1. The monoisotopic (exact) mass is 524 g/mol. The van der Waals surface area contributed by atoms with E-state index in [9.17, 15) is 4.79 Å². The van der Waals surface area contributed by atoms with E-state index in [0.29, 0.717) is 23.0 Å². The predicted octanol–water partition coefficient (Wildman–Crippen LogP) is 5.75. The van der Waals surface area contributed by atoms with Crippen molar-refractivity contribution in [1.29, 1.82) is 0 Å². The van der Waals surface area contributed by atoms with Gasteiger partial charge >= 0.3 is 0 Å². The highest BCUT2D eigenvalue weighted by Crippen LogP contribution is 2.32. The minimum atomic E-state index is 0.0672. The van der Waals surface area contributed by atoms with Gasteiger partial charge in [0.05, 0.1) is 52.2 Å². The second-order valence-electron chi connectivity index (χ2n) is 9.38. The molecule has 6 heteroatoms. The molecule has 0 aliphatic carbocycles. The Bertz CT molecular complexity index is 1490. The van der Waals surface area contributed by atoms with Gasteiger partial charge in [0, 0.05) is 16.5 Å². The lowest BCUT2D eigenvalue weighted by atomic mass is 9.96. The number of rotatable bonds is 5.